The summed E-state index contributed by atoms with van der Waals surface area (Å²) in [4.78, 5) is 10.3. The molecule has 0 radical (unpaired) electrons. The van der Waals surface area contributed by atoms with Gasteiger partial charge in [0.25, 0.3) is 0 Å². The van der Waals surface area contributed by atoms with Crippen LogP contribution in [0.2, 0.25) is 0 Å². The summed E-state index contributed by atoms with van der Waals surface area (Å²) in [7, 11) is 0. The average molecular weight is 180 g/mol. The van der Waals surface area contributed by atoms with E-state index < -0.39 is 5.97 Å². The fraction of sp³-hybridized carbons (Fsp3) is 0.300. The molecule has 0 aliphatic rings. The summed E-state index contributed by atoms with van der Waals surface area (Å²) in [6, 6.07) is 4.97. The molecule has 0 unspecified atom stereocenters. The van der Waals surface area contributed by atoms with E-state index in [4.69, 9.17) is 10.2 Å². The van der Waals surface area contributed by atoms with Crippen LogP contribution in [0.5, 0.6) is 5.75 Å². The van der Waals surface area contributed by atoms with Gasteiger partial charge in [-0.05, 0) is 36.6 Å². The van der Waals surface area contributed by atoms with Crippen molar-refractivity contribution in [3.8, 4) is 5.75 Å². The van der Waals surface area contributed by atoms with Crippen LogP contribution in [0.15, 0.2) is 18.2 Å². The maximum Gasteiger partial charge on any atom is 0.303 e. The molecule has 0 aliphatic heterocycles. The van der Waals surface area contributed by atoms with Gasteiger partial charge in [0.2, 0.25) is 0 Å². The van der Waals surface area contributed by atoms with E-state index in [9.17, 15) is 4.79 Å². The fourth-order valence-electron chi connectivity index (χ4n) is 1.20. The maximum absolute atomic E-state index is 10.3. The van der Waals surface area contributed by atoms with E-state index in [1.165, 1.54) is 0 Å². The molecular formula is C10H12O3. The van der Waals surface area contributed by atoms with Crippen molar-refractivity contribution in [2.24, 2.45) is 0 Å². The molecule has 3 heteroatoms. The number of hydrogen-bond donors (Lipinski definition) is 2. The van der Waals surface area contributed by atoms with E-state index in [0.717, 1.165) is 11.1 Å². The number of carboxylic acid groups (broad SMARTS) is 1. The van der Waals surface area contributed by atoms with E-state index >= 15 is 0 Å². The lowest BCUT2D eigenvalue weighted by Crippen LogP contribution is -1.98. The van der Waals surface area contributed by atoms with Crippen LogP contribution < -0.4 is 0 Å². The molecule has 0 atom stereocenters. The van der Waals surface area contributed by atoms with E-state index in [1.807, 2.05) is 6.92 Å². The summed E-state index contributed by atoms with van der Waals surface area (Å²) in [6.45, 7) is 1.86. The molecule has 1 rings (SSSR count). The van der Waals surface area contributed by atoms with Crippen molar-refractivity contribution in [1.82, 2.24) is 0 Å². The van der Waals surface area contributed by atoms with Gasteiger partial charge in [0.1, 0.15) is 5.75 Å². The molecule has 1 aromatic rings. The molecule has 2 N–H and O–H groups in total. The molecule has 0 aromatic heterocycles. The van der Waals surface area contributed by atoms with Crippen molar-refractivity contribution in [2.45, 2.75) is 19.8 Å². The first-order valence-electron chi connectivity index (χ1n) is 4.10. The standard InChI is InChI=1S/C10H12O3/c1-7-6-9(11)4-2-8(7)3-5-10(12)13/h2,4,6,11H,3,5H2,1H3,(H,12,13). The highest BCUT2D eigenvalue weighted by atomic mass is 16.4. The van der Waals surface area contributed by atoms with Crippen molar-refractivity contribution in [3.05, 3.63) is 29.3 Å². The Morgan fingerprint density at radius 1 is 1.46 bits per heavy atom. The Bertz CT molecular complexity index is 318. The smallest absolute Gasteiger partial charge is 0.303 e. The highest BCUT2D eigenvalue weighted by molar-refractivity contribution is 5.67. The van der Waals surface area contributed by atoms with Crippen LogP contribution in [0.3, 0.4) is 0 Å². The highest BCUT2D eigenvalue weighted by Gasteiger charge is 2.02. The summed E-state index contributed by atoms with van der Waals surface area (Å²) in [5, 5.41) is 17.6. The zero-order valence-electron chi connectivity index (χ0n) is 7.45. The summed E-state index contributed by atoms with van der Waals surface area (Å²) in [5.74, 6) is -0.580. The van der Waals surface area contributed by atoms with Crippen molar-refractivity contribution >= 4 is 5.97 Å². The molecule has 0 bridgehead atoms. The van der Waals surface area contributed by atoms with Gasteiger partial charge >= 0.3 is 5.97 Å². The minimum atomic E-state index is -0.799. The van der Waals surface area contributed by atoms with Gasteiger partial charge in [-0.3, -0.25) is 4.79 Å². The molecule has 0 fully saturated rings. The third-order valence-corrected chi connectivity index (χ3v) is 1.93. The van der Waals surface area contributed by atoms with Gasteiger partial charge < -0.3 is 10.2 Å². The highest BCUT2D eigenvalue weighted by Crippen LogP contribution is 2.16. The lowest BCUT2D eigenvalue weighted by atomic mass is 10.0. The first kappa shape index (κ1) is 9.58. The van der Waals surface area contributed by atoms with Crippen molar-refractivity contribution < 1.29 is 15.0 Å². The first-order valence-corrected chi connectivity index (χ1v) is 4.10. The number of carboxylic acids is 1. The van der Waals surface area contributed by atoms with Crippen LogP contribution >= 0.6 is 0 Å². The largest absolute Gasteiger partial charge is 0.508 e. The van der Waals surface area contributed by atoms with E-state index in [1.54, 1.807) is 18.2 Å². The van der Waals surface area contributed by atoms with Crippen LogP contribution in [0.4, 0.5) is 0 Å². The second kappa shape index (κ2) is 3.94. The van der Waals surface area contributed by atoms with Gasteiger partial charge in [-0.2, -0.15) is 0 Å². The minimum Gasteiger partial charge on any atom is -0.508 e. The molecule has 0 amide bonds. The Hall–Kier alpha value is -1.51. The molecule has 13 heavy (non-hydrogen) atoms. The zero-order chi connectivity index (χ0) is 9.84. The maximum atomic E-state index is 10.3. The van der Waals surface area contributed by atoms with Crippen molar-refractivity contribution in [1.29, 1.82) is 0 Å². The number of carbonyl (C=O) groups is 1. The topological polar surface area (TPSA) is 57.5 Å². The normalized spacial score (nSPS) is 9.92. The first-order chi connectivity index (χ1) is 6.09. The Balaban J connectivity index is 2.72. The van der Waals surface area contributed by atoms with Crippen LogP contribution in [0, 0.1) is 6.92 Å². The van der Waals surface area contributed by atoms with Gasteiger partial charge in [0.05, 0.1) is 0 Å². The summed E-state index contributed by atoms with van der Waals surface area (Å²) in [5.41, 5.74) is 1.90. The van der Waals surface area contributed by atoms with E-state index in [2.05, 4.69) is 0 Å². The molecule has 0 heterocycles. The van der Waals surface area contributed by atoms with E-state index in [0.29, 0.717) is 6.42 Å². The Labute approximate surface area is 76.6 Å². The van der Waals surface area contributed by atoms with Gasteiger partial charge in [-0.25, -0.2) is 0 Å². The second-order valence-electron chi connectivity index (χ2n) is 3.00. The summed E-state index contributed by atoms with van der Waals surface area (Å²) in [6.07, 6.45) is 0.646. The molecule has 70 valence electrons. The third kappa shape index (κ3) is 2.78. The average Bonchev–Trinajstić information content (AvgIpc) is 2.02. The SMILES string of the molecule is Cc1cc(O)ccc1CCC(=O)O. The van der Waals surface area contributed by atoms with Crippen LogP contribution in [-0.2, 0) is 11.2 Å². The number of phenols is 1. The zero-order valence-corrected chi connectivity index (χ0v) is 7.45. The van der Waals surface area contributed by atoms with Crippen molar-refractivity contribution in [2.75, 3.05) is 0 Å². The van der Waals surface area contributed by atoms with Gasteiger partial charge in [-0.1, -0.05) is 6.07 Å². The molecule has 0 saturated heterocycles. The van der Waals surface area contributed by atoms with Crippen LogP contribution in [0.25, 0.3) is 0 Å². The molecule has 0 aliphatic carbocycles. The fourth-order valence-corrected chi connectivity index (χ4v) is 1.20. The number of benzene rings is 1. The van der Waals surface area contributed by atoms with Gasteiger partial charge in [-0.15, -0.1) is 0 Å². The lowest BCUT2D eigenvalue weighted by Gasteiger charge is -2.03. The minimum absolute atomic E-state index is 0.131. The molecular weight excluding hydrogens is 168 g/mol. The molecule has 3 nitrogen and oxygen atoms in total. The molecule has 1 aromatic carbocycles. The number of phenolic OH excluding ortho intramolecular Hbond substituents is 1. The number of aromatic hydroxyl groups is 1. The Morgan fingerprint density at radius 2 is 2.15 bits per heavy atom. The van der Waals surface area contributed by atoms with Gasteiger partial charge in [0, 0.05) is 6.42 Å². The second-order valence-corrected chi connectivity index (χ2v) is 3.00. The molecule has 0 spiro atoms. The van der Waals surface area contributed by atoms with E-state index in [-0.39, 0.29) is 12.2 Å². The molecule has 0 saturated carbocycles. The predicted octanol–water partition coefficient (Wildman–Crippen LogP) is 1.72. The van der Waals surface area contributed by atoms with Crippen LogP contribution in [0.1, 0.15) is 17.5 Å². The lowest BCUT2D eigenvalue weighted by molar-refractivity contribution is -0.136. The Morgan fingerprint density at radius 3 is 2.69 bits per heavy atom. The number of aliphatic carboxylic acids is 1. The number of rotatable bonds is 3. The number of hydrogen-bond acceptors (Lipinski definition) is 2. The summed E-state index contributed by atoms with van der Waals surface area (Å²) < 4.78 is 0. The number of aryl methyl sites for hydroxylation is 2. The van der Waals surface area contributed by atoms with Crippen molar-refractivity contribution in [3.63, 3.8) is 0 Å². The predicted molar refractivity (Wildman–Crippen MR) is 48.8 cm³/mol. The van der Waals surface area contributed by atoms with Gasteiger partial charge in [0.15, 0.2) is 0 Å². The summed E-state index contributed by atoms with van der Waals surface area (Å²) >= 11 is 0. The third-order valence-electron chi connectivity index (χ3n) is 1.93. The quantitative estimate of drug-likeness (QED) is 0.744. The van der Waals surface area contributed by atoms with Crippen LogP contribution in [-0.4, -0.2) is 16.2 Å². The monoisotopic (exact) mass is 180 g/mol. The Kier molecular flexibility index (Phi) is 2.90.